The molecule has 108 valence electrons. The number of piperazine rings is 1. The second-order valence-corrected chi connectivity index (χ2v) is 8.01. The van der Waals surface area contributed by atoms with Crippen LogP contribution in [0.5, 0.6) is 0 Å². The van der Waals surface area contributed by atoms with Crippen LogP contribution in [0.15, 0.2) is 0 Å². The van der Waals surface area contributed by atoms with E-state index in [0.717, 1.165) is 11.8 Å². The highest BCUT2D eigenvalue weighted by atomic mass is 15.3. The Hall–Kier alpha value is -0.120. The van der Waals surface area contributed by atoms with Crippen molar-refractivity contribution in [1.29, 1.82) is 0 Å². The fraction of sp³-hybridized carbons (Fsp3) is 1.00. The Morgan fingerprint density at radius 2 is 1.58 bits per heavy atom. The number of nitrogens with one attached hydrogen (secondary N) is 1. The highest BCUT2D eigenvalue weighted by Crippen LogP contribution is 2.59. The molecule has 19 heavy (non-hydrogen) atoms. The average molecular weight is 263 g/mol. The van der Waals surface area contributed by atoms with E-state index in [9.17, 15) is 0 Å². The first-order chi connectivity index (χ1) is 9.13. The molecular formula is C16H29N3. The van der Waals surface area contributed by atoms with Gasteiger partial charge >= 0.3 is 0 Å². The molecule has 0 radical (unpaired) electrons. The number of rotatable bonds is 2. The minimum Gasteiger partial charge on any atom is -0.314 e. The van der Waals surface area contributed by atoms with Gasteiger partial charge in [0.15, 0.2) is 0 Å². The Balaban J connectivity index is 1.60. The first-order valence-electron chi connectivity index (χ1n) is 8.26. The summed E-state index contributed by atoms with van der Waals surface area (Å²) in [5, 5.41) is 3.75. The summed E-state index contributed by atoms with van der Waals surface area (Å²) in [7, 11) is 4.48. The van der Waals surface area contributed by atoms with Crippen molar-refractivity contribution >= 4 is 0 Å². The largest absolute Gasteiger partial charge is 0.314 e. The normalized spacial score (nSPS) is 50.8. The molecule has 0 aromatic heterocycles. The summed E-state index contributed by atoms with van der Waals surface area (Å²) in [5.41, 5.74) is 1.06. The molecule has 3 heteroatoms. The van der Waals surface area contributed by atoms with Gasteiger partial charge in [0.2, 0.25) is 0 Å². The Kier molecular flexibility index (Phi) is 2.78. The lowest BCUT2D eigenvalue weighted by molar-refractivity contribution is -0.117. The Morgan fingerprint density at radius 1 is 0.947 bits per heavy atom. The zero-order chi connectivity index (χ0) is 13.1. The van der Waals surface area contributed by atoms with Gasteiger partial charge < -0.3 is 10.2 Å². The molecule has 5 rings (SSSR count). The van der Waals surface area contributed by atoms with Crippen molar-refractivity contribution in [3.8, 4) is 0 Å². The van der Waals surface area contributed by atoms with Crippen molar-refractivity contribution in [2.24, 2.45) is 11.8 Å². The molecule has 3 nitrogen and oxygen atoms in total. The van der Waals surface area contributed by atoms with Crippen LogP contribution < -0.4 is 5.32 Å². The first-order valence-corrected chi connectivity index (χ1v) is 8.26. The van der Waals surface area contributed by atoms with E-state index in [1.165, 1.54) is 64.7 Å². The second-order valence-electron chi connectivity index (χ2n) is 8.01. The highest BCUT2D eigenvalue weighted by Gasteiger charge is 2.59. The van der Waals surface area contributed by atoms with E-state index in [1.807, 2.05) is 0 Å². The standard InChI is InChI=1S/C16H29N3/c1-17-15-8-13-7-14(9-15)11-16(10-13,12-15)19-5-3-18(2)4-6-19/h13-14,17H,3-12H2,1-2H3. The summed E-state index contributed by atoms with van der Waals surface area (Å²) in [5.74, 6) is 2.02. The average Bonchev–Trinajstić information content (AvgIpc) is 2.38. The van der Waals surface area contributed by atoms with Gasteiger partial charge in [0.05, 0.1) is 0 Å². The van der Waals surface area contributed by atoms with Gasteiger partial charge in [-0.15, -0.1) is 0 Å². The van der Waals surface area contributed by atoms with Gasteiger partial charge in [-0.25, -0.2) is 0 Å². The Bertz CT molecular complexity index is 345. The predicted octanol–water partition coefficient (Wildman–Crippen LogP) is 1.54. The summed E-state index contributed by atoms with van der Waals surface area (Å²) >= 11 is 0. The molecule has 1 N–H and O–H groups in total. The molecule has 5 aliphatic rings. The third kappa shape index (κ3) is 1.89. The molecule has 4 saturated carbocycles. The smallest absolute Gasteiger partial charge is 0.0233 e. The molecule has 1 saturated heterocycles. The highest BCUT2D eigenvalue weighted by molar-refractivity contribution is 5.16. The van der Waals surface area contributed by atoms with Crippen LogP contribution in [-0.4, -0.2) is 61.2 Å². The SMILES string of the molecule is CNC12CC3CC(C1)CC(N1CCN(C)CC1)(C3)C2. The zero-order valence-electron chi connectivity index (χ0n) is 12.6. The molecule has 4 bridgehead atoms. The van der Waals surface area contributed by atoms with Gasteiger partial charge in [0, 0.05) is 37.3 Å². The van der Waals surface area contributed by atoms with Crippen LogP contribution in [0.4, 0.5) is 0 Å². The fourth-order valence-corrected chi connectivity index (χ4v) is 6.16. The summed E-state index contributed by atoms with van der Waals surface area (Å²) in [4.78, 5) is 5.38. The van der Waals surface area contributed by atoms with Crippen molar-refractivity contribution < 1.29 is 0 Å². The van der Waals surface area contributed by atoms with E-state index < -0.39 is 0 Å². The van der Waals surface area contributed by atoms with Gasteiger partial charge in [0.25, 0.3) is 0 Å². The van der Waals surface area contributed by atoms with Crippen molar-refractivity contribution in [2.75, 3.05) is 40.3 Å². The van der Waals surface area contributed by atoms with Crippen molar-refractivity contribution in [3.05, 3.63) is 0 Å². The van der Waals surface area contributed by atoms with Gasteiger partial charge in [-0.1, -0.05) is 0 Å². The molecule has 2 unspecified atom stereocenters. The maximum Gasteiger partial charge on any atom is 0.0233 e. The third-order valence-electron chi connectivity index (χ3n) is 6.73. The van der Waals surface area contributed by atoms with Gasteiger partial charge in [-0.05, 0) is 64.5 Å². The summed E-state index contributed by atoms with van der Waals surface area (Å²) in [6.07, 6.45) is 8.85. The van der Waals surface area contributed by atoms with Gasteiger partial charge in [0.1, 0.15) is 0 Å². The van der Waals surface area contributed by atoms with Crippen molar-refractivity contribution in [2.45, 2.75) is 49.6 Å². The van der Waals surface area contributed by atoms with Crippen molar-refractivity contribution in [3.63, 3.8) is 0 Å². The molecule has 2 atom stereocenters. The number of hydrogen-bond acceptors (Lipinski definition) is 3. The number of hydrogen-bond donors (Lipinski definition) is 1. The quantitative estimate of drug-likeness (QED) is 0.815. The molecule has 0 spiro atoms. The first kappa shape index (κ1) is 12.6. The number of nitrogens with zero attached hydrogens (tertiary/aromatic N) is 2. The van der Waals surface area contributed by atoms with E-state index in [1.54, 1.807) is 0 Å². The van der Waals surface area contributed by atoms with Crippen LogP contribution >= 0.6 is 0 Å². The molecule has 0 aromatic carbocycles. The maximum absolute atomic E-state index is 3.75. The van der Waals surface area contributed by atoms with E-state index in [4.69, 9.17) is 0 Å². The van der Waals surface area contributed by atoms with Crippen LogP contribution in [-0.2, 0) is 0 Å². The molecular weight excluding hydrogens is 234 g/mol. The number of likely N-dealkylation sites (N-methyl/N-ethyl adjacent to an activating group) is 1. The molecule has 4 aliphatic carbocycles. The topological polar surface area (TPSA) is 18.5 Å². The maximum atomic E-state index is 3.75. The summed E-state index contributed by atoms with van der Waals surface area (Å²) < 4.78 is 0. The van der Waals surface area contributed by atoms with Crippen LogP contribution in [0.1, 0.15) is 38.5 Å². The lowest BCUT2D eigenvalue weighted by Gasteiger charge is -2.65. The Morgan fingerprint density at radius 3 is 2.16 bits per heavy atom. The van der Waals surface area contributed by atoms with E-state index in [2.05, 4.69) is 29.2 Å². The van der Waals surface area contributed by atoms with Crippen LogP contribution in [0.25, 0.3) is 0 Å². The lowest BCUT2D eigenvalue weighted by Crippen LogP contribution is -2.70. The minimum absolute atomic E-state index is 0.493. The monoisotopic (exact) mass is 263 g/mol. The van der Waals surface area contributed by atoms with Gasteiger partial charge in [-0.3, -0.25) is 4.90 Å². The molecule has 1 heterocycles. The van der Waals surface area contributed by atoms with Gasteiger partial charge in [-0.2, -0.15) is 0 Å². The third-order valence-corrected chi connectivity index (χ3v) is 6.73. The predicted molar refractivity (Wildman–Crippen MR) is 78.3 cm³/mol. The minimum atomic E-state index is 0.493. The molecule has 0 aromatic rings. The van der Waals surface area contributed by atoms with E-state index >= 15 is 0 Å². The molecule has 0 amide bonds. The van der Waals surface area contributed by atoms with Crippen LogP contribution in [0.3, 0.4) is 0 Å². The van der Waals surface area contributed by atoms with E-state index in [-0.39, 0.29) is 0 Å². The second kappa shape index (κ2) is 4.19. The van der Waals surface area contributed by atoms with E-state index in [0.29, 0.717) is 11.1 Å². The summed E-state index contributed by atoms with van der Waals surface area (Å²) in [6.45, 7) is 5.14. The summed E-state index contributed by atoms with van der Waals surface area (Å²) in [6, 6.07) is 0. The van der Waals surface area contributed by atoms with Crippen LogP contribution in [0, 0.1) is 11.8 Å². The molecule has 1 aliphatic heterocycles. The molecule has 5 fully saturated rings. The fourth-order valence-electron chi connectivity index (χ4n) is 6.16. The lowest BCUT2D eigenvalue weighted by atomic mass is 9.49. The zero-order valence-corrected chi connectivity index (χ0v) is 12.6. The Labute approximate surface area is 117 Å². The van der Waals surface area contributed by atoms with Crippen molar-refractivity contribution in [1.82, 2.24) is 15.1 Å². The van der Waals surface area contributed by atoms with Crippen LogP contribution in [0.2, 0.25) is 0 Å².